The molecule has 0 bridgehead atoms. The maximum absolute atomic E-state index is 10.7. The fourth-order valence-corrected chi connectivity index (χ4v) is 2.04. The summed E-state index contributed by atoms with van der Waals surface area (Å²) in [5.74, 6) is -0.0943. The zero-order valence-electron chi connectivity index (χ0n) is 10.2. The van der Waals surface area contributed by atoms with Crippen LogP contribution < -0.4 is 4.90 Å². The monoisotopic (exact) mass is 247 g/mol. The van der Waals surface area contributed by atoms with Gasteiger partial charge in [-0.1, -0.05) is 6.08 Å². The quantitative estimate of drug-likeness (QED) is 0.807. The third kappa shape index (κ3) is 2.87. The standard InChI is InChI=1S/C13H17N3O2/c1-2-5-15-6-8-16(9-7-15)12-4-3-11(10-14-12)13(17)18/h2-4,10H,1,5-9H2,(H,17,18). The van der Waals surface area contributed by atoms with Gasteiger partial charge in [0.1, 0.15) is 5.82 Å². The van der Waals surface area contributed by atoms with Gasteiger partial charge in [-0.15, -0.1) is 6.58 Å². The van der Waals surface area contributed by atoms with Crippen molar-refractivity contribution in [1.82, 2.24) is 9.88 Å². The van der Waals surface area contributed by atoms with E-state index in [-0.39, 0.29) is 5.56 Å². The molecule has 1 aliphatic rings. The van der Waals surface area contributed by atoms with Gasteiger partial charge >= 0.3 is 5.97 Å². The lowest BCUT2D eigenvalue weighted by molar-refractivity contribution is 0.0696. The van der Waals surface area contributed by atoms with E-state index in [2.05, 4.69) is 21.4 Å². The third-order valence-electron chi connectivity index (χ3n) is 3.08. The molecule has 0 spiro atoms. The lowest BCUT2D eigenvalue weighted by Gasteiger charge is -2.34. The van der Waals surface area contributed by atoms with Crippen molar-refractivity contribution in [2.24, 2.45) is 0 Å². The second kappa shape index (κ2) is 5.64. The molecule has 0 saturated carbocycles. The van der Waals surface area contributed by atoms with E-state index in [1.807, 2.05) is 6.08 Å². The van der Waals surface area contributed by atoms with E-state index in [0.717, 1.165) is 38.5 Å². The van der Waals surface area contributed by atoms with Crippen molar-refractivity contribution in [3.8, 4) is 0 Å². The molecule has 5 heteroatoms. The smallest absolute Gasteiger partial charge is 0.337 e. The van der Waals surface area contributed by atoms with Gasteiger partial charge < -0.3 is 10.0 Å². The summed E-state index contributed by atoms with van der Waals surface area (Å²) in [6, 6.07) is 3.37. The summed E-state index contributed by atoms with van der Waals surface area (Å²) in [6.07, 6.45) is 3.32. The van der Waals surface area contributed by atoms with Crippen molar-refractivity contribution in [1.29, 1.82) is 0 Å². The molecule has 0 amide bonds. The number of anilines is 1. The first-order valence-electron chi connectivity index (χ1n) is 5.98. The highest BCUT2D eigenvalue weighted by atomic mass is 16.4. The molecule has 96 valence electrons. The Morgan fingerprint density at radius 2 is 2.11 bits per heavy atom. The minimum absolute atomic E-state index is 0.226. The Hall–Kier alpha value is -1.88. The molecule has 0 radical (unpaired) electrons. The first-order valence-corrected chi connectivity index (χ1v) is 5.98. The molecule has 1 fully saturated rings. The molecule has 18 heavy (non-hydrogen) atoms. The molecule has 1 saturated heterocycles. The lowest BCUT2D eigenvalue weighted by Crippen LogP contribution is -2.46. The highest BCUT2D eigenvalue weighted by molar-refractivity contribution is 5.87. The van der Waals surface area contributed by atoms with Crippen LogP contribution in [0.25, 0.3) is 0 Å². The zero-order valence-corrected chi connectivity index (χ0v) is 10.2. The van der Waals surface area contributed by atoms with E-state index >= 15 is 0 Å². The number of nitrogens with zero attached hydrogens (tertiary/aromatic N) is 3. The third-order valence-corrected chi connectivity index (χ3v) is 3.08. The second-order valence-corrected chi connectivity index (χ2v) is 4.29. The SMILES string of the molecule is C=CCN1CCN(c2ccc(C(=O)O)cn2)CC1. The van der Waals surface area contributed by atoms with Gasteiger partial charge in [-0.25, -0.2) is 9.78 Å². The van der Waals surface area contributed by atoms with Crippen LogP contribution in [-0.4, -0.2) is 53.7 Å². The molecule has 1 N–H and O–H groups in total. The number of aromatic nitrogens is 1. The number of hydrogen-bond donors (Lipinski definition) is 1. The van der Waals surface area contributed by atoms with Gasteiger partial charge in [0.15, 0.2) is 0 Å². The molecule has 0 unspecified atom stereocenters. The van der Waals surface area contributed by atoms with E-state index < -0.39 is 5.97 Å². The average molecular weight is 247 g/mol. The molecular weight excluding hydrogens is 230 g/mol. The molecule has 2 heterocycles. The Bertz CT molecular complexity index is 422. The van der Waals surface area contributed by atoms with Crippen LogP contribution in [0.15, 0.2) is 31.0 Å². The van der Waals surface area contributed by atoms with Crippen LogP contribution in [0, 0.1) is 0 Å². The van der Waals surface area contributed by atoms with Gasteiger partial charge in [0.05, 0.1) is 5.56 Å². The van der Waals surface area contributed by atoms with Gasteiger partial charge in [-0.2, -0.15) is 0 Å². The number of pyridine rings is 1. The molecular formula is C13H17N3O2. The molecule has 2 rings (SSSR count). The van der Waals surface area contributed by atoms with Crippen molar-refractivity contribution in [3.05, 3.63) is 36.5 Å². The molecule has 1 aromatic heterocycles. The first-order chi connectivity index (χ1) is 8.70. The van der Waals surface area contributed by atoms with Crippen LogP contribution in [0.3, 0.4) is 0 Å². The minimum atomic E-state index is -0.940. The summed E-state index contributed by atoms with van der Waals surface area (Å²) < 4.78 is 0. The van der Waals surface area contributed by atoms with Gasteiger partial charge in [-0.3, -0.25) is 4.90 Å². The van der Waals surface area contributed by atoms with Crippen LogP contribution in [0.1, 0.15) is 10.4 Å². The Labute approximate surface area is 106 Å². The van der Waals surface area contributed by atoms with Crippen molar-refractivity contribution in [2.45, 2.75) is 0 Å². The number of hydrogen-bond acceptors (Lipinski definition) is 4. The largest absolute Gasteiger partial charge is 0.478 e. The first kappa shape index (κ1) is 12.6. The van der Waals surface area contributed by atoms with Crippen LogP contribution in [0.5, 0.6) is 0 Å². The predicted molar refractivity (Wildman–Crippen MR) is 70.0 cm³/mol. The van der Waals surface area contributed by atoms with Gasteiger partial charge in [0.2, 0.25) is 0 Å². The Kier molecular flexibility index (Phi) is 3.94. The molecule has 1 aromatic rings. The van der Waals surface area contributed by atoms with Gasteiger partial charge in [0.25, 0.3) is 0 Å². The summed E-state index contributed by atoms with van der Waals surface area (Å²) in [5, 5.41) is 8.81. The highest BCUT2D eigenvalue weighted by Gasteiger charge is 2.17. The van der Waals surface area contributed by atoms with Crippen molar-refractivity contribution >= 4 is 11.8 Å². The van der Waals surface area contributed by atoms with Crippen molar-refractivity contribution in [3.63, 3.8) is 0 Å². The van der Waals surface area contributed by atoms with Gasteiger partial charge in [0, 0.05) is 38.9 Å². The number of piperazine rings is 1. The van der Waals surface area contributed by atoms with E-state index in [4.69, 9.17) is 5.11 Å². The van der Waals surface area contributed by atoms with E-state index in [1.54, 1.807) is 12.1 Å². The molecule has 0 aliphatic carbocycles. The Morgan fingerprint density at radius 1 is 1.39 bits per heavy atom. The van der Waals surface area contributed by atoms with Crippen LogP contribution in [-0.2, 0) is 0 Å². The highest BCUT2D eigenvalue weighted by Crippen LogP contribution is 2.14. The summed E-state index contributed by atoms with van der Waals surface area (Å²) in [7, 11) is 0. The summed E-state index contributed by atoms with van der Waals surface area (Å²) >= 11 is 0. The number of rotatable bonds is 4. The number of carboxylic acid groups (broad SMARTS) is 1. The fourth-order valence-electron chi connectivity index (χ4n) is 2.04. The minimum Gasteiger partial charge on any atom is -0.478 e. The maximum atomic E-state index is 10.7. The topological polar surface area (TPSA) is 56.7 Å². The van der Waals surface area contributed by atoms with Crippen molar-refractivity contribution in [2.75, 3.05) is 37.6 Å². The lowest BCUT2D eigenvalue weighted by atomic mass is 10.2. The van der Waals surface area contributed by atoms with Crippen LogP contribution in [0.2, 0.25) is 0 Å². The maximum Gasteiger partial charge on any atom is 0.337 e. The van der Waals surface area contributed by atoms with E-state index in [1.165, 1.54) is 6.20 Å². The van der Waals surface area contributed by atoms with Gasteiger partial charge in [-0.05, 0) is 12.1 Å². The fraction of sp³-hybridized carbons (Fsp3) is 0.385. The zero-order chi connectivity index (χ0) is 13.0. The molecule has 1 aliphatic heterocycles. The summed E-state index contributed by atoms with van der Waals surface area (Å²) in [5.41, 5.74) is 0.226. The average Bonchev–Trinajstić information content (AvgIpc) is 2.40. The molecule has 5 nitrogen and oxygen atoms in total. The normalized spacial score (nSPS) is 16.6. The molecule has 0 aromatic carbocycles. The van der Waals surface area contributed by atoms with E-state index in [9.17, 15) is 4.79 Å². The summed E-state index contributed by atoms with van der Waals surface area (Å²) in [6.45, 7) is 8.43. The number of carbonyl (C=O) groups is 1. The summed E-state index contributed by atoms with van der Waals surface area (Å²) in [4.78, 5) is 19.4. The van der Waals surface area contributed by atoms with Crippen LogP contribution in [0.4, 0.5) is 5.82 Å². The molecule has 0 atom stereocenters. The van der Waals surface area contributed by atoms with Crippen LogP contribution >= 0.6 is 0 Å². The Morgan fingerprint density at radius 3 is 2.61 bits per heavy atom. The number of aromatic carboxylic acids is 1. The number of carboxylic acids is 1. The predicted octanol–water partition coefficient (Wildman–Crippen LogP) is 1.09. The second-order valence-electron chi connectivity index (χ2n) is 4.29. The van der Waals surface area contributed by atoms with E-state index in [0.29, 0.717) is 0 Å². The Balaban J connectivity index is 1.97. The van der Waals surface area contributed by atoms with Crippen molar-refractivity contribution < 1.29 is 9.90 Å².